The predicted molar refractivity (Wildman–Crippen MR) is 72.5 cm³/mol. The third-order valence-corrected chi connectivity index (χ3v) is 3.18. The fourth-order valence-electron chi connectivity index (χ4n) is 2.37. The molecule has 1 saturated heterocycles. The molecule has 1 atom stereocenters. The number of benzene rings is 2. The second kappa shape index (κ2) is 4.85. The molecule has 1 aliphatic heterocycles. The topological polar surface area (TPSA) is 64.6 Å². The van der Waals surface area contributed by atoms with Gasteiger partial charge in [0.2, 0.25) is 6.10 Å². The van der Waals surface area contributed by atoms with E-state index in [1.807, 2.05) is 37.3 Å². The summed E-state index contributed by atoms with van der Waals surface area (Å²) in [4.78, 5) is 23.1. The van der Waals surface area contributed by atoms with Crippen LogP contribution in [0.2, 0.25) is 0 Å². The molecular weight excluding hydrogens is 258 g/mol. The highest BCUT2D eigenvalue weighted by molar-refractivity contribution is 6.03. The zero-order valence-corrected chi connectivity index (χ0v) is 10.9. The Morgan fingerprint density at radius 2 is 2.00 bits per heavy atom. The second-order valence-electron chi connectivity index (χ2n) is 4.41. The number of hydrogen-bond donors (Lipinski definition) is 1. The molecule has 1 aliphatic rings. The van der Waals surface area contributed by atoms with Gasteiger partial charge in [0.15, 0.2) is 0 Å². The molecule has 20 heavy (non-hydrogen) atoms. The second-order valence-corrected chi connectivity index (χ2v) is 4.41. The molecule has 2 aromatic rings. The molecule has 0 saturated carbocycles. The van der Waals surface area contributed by atoms with Gasteiger partial charge in [-0.25, -0.2) is 4.79 Å². The van der Waals surface area contributed by atoms with Crippen LogP contribution in [0, 0.1) is 0 Å². The lowest BCUT2D eigenvalue weighted by molar-refractivity contribution is -0.123. The molecule has 2 aromatic carbocycles. The Morgan fingerprint density at radius 3 is 2.70 bits per heavy atom. The zero-order chi connectivity index (χ0) is 14.1. The molecular formula is C15H13NO4. The molecule has 0 bridgehead atoms. The lowest BCUT2D eigenvalue weighted by Crippen LogP contribution is -2.21. The summed E-state index contributed by atoms with van der Waals surface area (Å²) in [6, 6.07) is 11.3. The fourth-order valence-corrected chi connectivity index (χ4v) is 2.37. The van der Waals surface area contributed by atoms with E-state index in [0.717, 1.165) is 10.8 Å². The average molecular weight is 271 g/mol. The van der Waals surface area contributed by atoms with Crippen LogP contribution in [0.5, 0.6) is 5.75 Å². The van der Waals surface area contributed by atoms with Crippen molar-refractivity contribution < 1.29 is 19.1 Å². The summed E-state index contributed by atoms with van der Waals surface area (Å²) < 4.78 is 10.6. The summed E-state index contributed by atoms with van der Waals surface area (Å²) >= 11 is 0. The van der Waals surface area contributed by atoms with E-state index in [0.29, 0.717) is 17.9 Å². The third-order valence-electron chi connectivity index (χ3n) is 3.18. The molecule has 0 radical (unpaired) electrons. The van der Waals surface area contributed by atoms with Gasteiger partial charge in [0.25, 0.3) is 5.91 Å². The minimum Gasteiger partial charge on any atom is -0.493 e. The Bertz CT molecular complexity index is 695. The summed E-state index contributed by atoms with van der Waals surface area (Å²) in [7, 11) is 0. The Labute approximate surface area is 115 Å². The Hall–Kier alpha value is -2.56. The first-order chi connectivity index (χ1) is 9.70. The SMILES string of the molecule is CCOc1ccc2ccccc2c1C1OC(=O)NC1=O. The average Bonchev–Trinajstić information content (AvgIpc) is 2.77. The molecule has 1 N–H and O–H groups in total. The molecule has 1 heterocycles. The first-order valence-electron chi connectivity index (χ1n) is 6.36. The number of rotatable bonds is 3. The maximum absolute atomic E-state index is 11.9. The molecule has 0 spiro atoms. The van der Waals surface area contributed by atoms with Crippen LogP contribution in [0.3, 0.4) is 0 Å². The monoisotopic (exact) mass is 271 g/mol. The molecule has 2 amide bonds. The number of ether oxygens (including phenoxy) is 2. The molecule has 5 heteroatoms. The number of imide groups is 1. The van der Waals surface area contributed by atoms with Crippen molar-refractivity contribution in [3.05, 3.63) is 42.0 Å². The van der Waals surface area contributed by atoms with Crippen LogP contribution in [-0.4, -0.2) is 18.6 Å². The largest absolute Gasteiger partial charge is 0.493 e. The Morgan fingerprint density at radius 1 is 1.20 bits per heavy atom. The van der Waals surface area contributed by atoms with Crippen molar-refractivity contribution in [2.75, 3.05) is 6.61 Å². The number of cyclic esters (lactones) is 1. The van der Waals surface area contributed by atoms with E-state index in [4.69, 9.17) is 9.47 Å². The number of carbonyl (C=O) groups is 2. The number of nitrogens with one attached hydrogen (secondary N) is 1. The van der Waals surface area contributed by atoms with Crippen molar-refractivity contribution >= 4 is 22.8 Å². The highest BCUT2D eigenvalue weighted by atomic mass is 16.6. The zero-order valence-electron chi connectivity index (χ0n) is 10.9. The maximum Gasteiger partial charge on any atom is 0.415 e. The van der Waals surface area contributed by atoms with Crippen LogP contribution in [-0.2, 0) is 9.53 Å². The molecule has 5 nitrogen and oxygen atoms in total. The van der Waals surface area contributed by atoms with Gasteiger partial charge in [0.05, 0.1) is 12.2 Å². The molecule has 102 valence electrons. The van der Waals surface area contributed by atoms with Gasteiger partial charge in [0.1, 0.15) is 5.75 Å². The molecule has 0 aromatic heterocycles. The van der Waals surface area contributed by atoms with E-state index in [1.165, 1.54) is 0 Å². The van der Waals surface area contributed by atoms with Gasteiger partial charge in [-0.05, 0) is 23.8 Å². The van der Waals surface area contributed by atoms with Crippen molar-refractivity contribution in [2.24, 2.45) is 0 Å². The standard InChI is InChI=1S/C15H13NO4/c1-2-19-11-8-7-9-5-3-4-6-10(9)12(11)13-14(17)16-15(18)20-13/h3-8,13H,2H2,1H3,(H,16,17,18). The smallest absolute Gasteiger partial charge is 0.415 e. The van der Waals surface area contributed by atoms with Gasteiger partial charge in [-0.3, -0.25) is 10.1 Å². The number of carbonyl (C=O) groups excluding carboxylic acids is 2. The number of amides is 2. The van der Waals surface area contributed by atoms with Gasteiger partial charge >= 0.3 is 6.09 Å². The maximum atomic E-state index is 11.9. The minimum atomic E-state index is -0.963. The number of alkyl carbamates (subject to hydrolysis) is 1. The van der Waals surface area contributed by atoms with E-state index < -0.39 is 18.1 Å². The highest BCUT2D eigenvalue weighted by Gasteiger charge is 2.36. The van der Waals surface area contributed by atoms with Crippen LogP contribution in [0.4, 0.5) is 4.79 Å². The van der Waals surface area contributed by atoms with Crippen molar-refractivity contribution in [2.45, 2.75) is 13.0 Å². The minimum absolute atomic E-state index is 0.465. The third kappa shape index (κ3) is 1.97. The van der Waals surface area contributed by atoms with Gasteiger partial charge in [-0.2, -0.15) is 0 Å². The Balaban J connectivity index is 2.22. The van der Waals surface area contributed by atoms with Crippen LogP contribution >= 0.6 is 0 Å². The van der Waals surface area contributed by atoms with Crippen molar-refractivity contribution in [3.63, 3.8) is 0 Å². The summed E-state index contributed by atoms with van der Waals surface area (Å²) in [6.45, 7) is 2.33. The quantitative estimate of drug-likeness (QED) is 0.931. The first-order valence-corrected chi connectivity index (χ1v) is 6.36. The summed E-state index contributed by atoms with van der Waals surface area (Å²) in [5.74, 6) is 0.0911. The summed E-state index contributed by atoms with van der Waals surface area (Å²) in [5.41, 5.74) is 0.591. The summed E-state index contributed by atoms with van der Waals surface area (Å²) in [5, 5.41) is 3.94. The highest BCUT2D eigenvalue weighted by Crippen LogP contribution is 2.36. The van der Waals surface area contributed by atoms with Gasteiger partial charge in [-0.1, -0.05) is 30.3 Å². The van der Waals surface area contributed by atoms with Crippen LogP contribution in [0.1, 0.15) is 18.6 Å². The predicted octanol–water partition coefficient (Wildman–Crippen LogP) is 2.55. The van der Waals surface area contributed by atoms with E-state index >= 15 is 0 Å². The van der Waals surface area contributed by atoms with Crippen molar-refractivity contribution in [1.82, 2.24) is 5.32 Å². The molecule has 3 rings (SSSR count). The van der Waals surface area contributed by atoms with Crippen LogP contribution < -0.4 is 10.1 Å². The van der Waals surface area contributed by atoms with E-state index in [1.54, 1.807) is 6.07 Å². The normalized spacial score (nSPS) is 17.9. The van der Waals surface area contributed by atoms with E-state index in [2.05, 4.69) is 5.32 Å². The summed E-state index contributed by atoms with van der Waals surface area (Å²) in [6.07, 6.45) is -1.69. The van der Waals surface area contributed by atoms with E-state index in [-0.39, 0.29) is 0 Å². The van der Waals surface area contributed by atoms with Gasteiger partial charge < -0.3 is 9.47 Å². The van der Waals surface area contributed by atoms with E-state index in [9.17, 15) is 9.59 Å². The van der Waals surface area contributed by atoms with Gasteiger partial charge in [0, 0.05) is 0 Å². The molecule has 0 aliphatic carbocycles. The lowest BCUT2D eigenvalue weighted by atomic mass is 9.99. The molecule has 1 unspecified atom stereocenters. The number of hydrogen-bond acceptors (Lipinski definition) is 4. The van der Waals surface area contributed by atoms with Crippen LogP contribution in [0.25, 0.3) is 10.8 Å². The fraction of sp³-hybridized carbons (Fsp3) is 0.200. The van der Waals surface area contributed by atoms with Crippen molar-refractivity contribution in [3.8, 4) is 5.75 Å². The van der Waals surface area contributed by atoms with Crippen LogP contribution in [0.15, 0.2) is 36.4 Å². The lowest BCUT2D eigenvalue weighted by Gasteiger charge is -2.16. The Kier molecular flexibility index (Phi) is 3.02. The van der Waals surface area contributed by atoms with Crippen molar-refractivity contribution in [1.29, 1.82) is 0 Å². The number of fused-ring (bicyclic) bond motifs is 1. The van der Waals surface area contributed by atoms with Gasteiger partial charge in [-0.15, -0.1) is 0 Å². The molecule has 1 fully saturated rings. The first kappa shape index (κ1) is 12.5.